The molecular formula is C12H19NO3. The molecule has 0 amide bonds. The highest BCUT2D eigenvalue weighted by Gasteiger charge is 2.63. The number of allylic oxidation sites excluding steroid dienone is 1. The molecule has 1 aliphatic carbocycles. The summed E-state index contributed by atoms with van der Waals surface area (Å²) in [6.45, 7) is 3.65. The van der Waals surface area contributed by atoms with Crippen molar-refractivity contribution in [2.45, 2.75) is 51.0 Å². The van der Waals surface area contributed by atoms with Crippen molar-refractivity contribution in [3.63, 3.8) is 0 Å². The number of hydrogen-bond acceptors (Lipinski definition) is 3. The zero-order valence-electron chi connectivity index (χ0n) is 9.56. The Hall–Kier alpha value is -1.19. The van der Waals surface area contributed by atoms with E-state index in [1.165, 1.54) is 0 Å². The molecule has 0 aromatic carbocycles. The molecule has 1 rings (SSSR count). The number of carbonyl (C=O) groups excluding carboxylic acids is 1. The van der Waals surface area contributed by atoms with Crippen LogP contribution in [-0.4, -0.2) is 17.3 Å². The SMILES string of the molecule is C=CCCCCCC[C@]1(C=O)C[C@H]1[N+](=O)[O-]. The molecule has 0 aromatic rings. The van der Waals surface area contributed by atoms with Gasteiger partial charge in [0.25, 0.3) is 0 Å². The van der Waals surface area contributed by atoms with Crippen LogP contribution < -0.4 is 0 Å². The largest absolute Gasteiger partial charge is 0.302 e. The summed E-state index contributed by atoms with van der Waals surface area (Å²) in [6.07, 6.45) is 9.04. The fourth-order valence-electron chi connectivity index (χ4n) is 2.14. The molecule has 1 aliphatic rings. The first kappa shape index (κ1) is 12.9. The molecule has 0 unspecified atom stereocenters. The molecule has 4 nitrogen and oxygen atoms in total. The molecule has 0 aromatic heterocycles. The predicted octanol–water partition coefficient (Wildman–Crippen LogP) is 2.75. The van der Waals surface area contributed by atoms with Crippen LogP contribution in [0.1, 0.15) is 44.9 Å². The van der Waals surface area contributed by atoms with E-state index in [9.17, 15) is 14.9 Å². The van der Waals surface area contributed by atoms with Crippen molar-refractivity contribution >= 4 is 6.29 Å². The second-order valence-corrected chi connectivity index (χ2v) is 4.60. The van der Waals surface area contributed by atoms with Crippen LogP contribution in [-0.2, 0) is 4.79 Å². The van der Waals surface area contributed by atoms with E-state index >= 15 is 0 Å². The lowest BCUT2D eigenvalue weighted by molar-refractivity contribution is -0.501. The second-order valence-electron chi connectivity index (χ2n) is 4.60. The minimum atomic E-state index is -0.623. The van der Waals surface area contributed by atoms with E-state index < -0.39 is 11.5 Å². The molecule has 0 saturated heterocycles. The van der Waals surface area contributed by atoms with E-state index in [0.29, 0.717) is 12.8 Å². The van der Waals surface area contributed by atoms with Crippen molar-refractivity contribution in [2.24, 2.45) is 5.41 Å². The van der Waals surface area contributed by atoms with Crippen LogP contribution in [0.3, 0.4) is 0 Å². The fraction of sp³-hybridized carbons (Fsp3) is 0.750. The molecule has 90 valence electrons. The average Bonchev–Trinajstić information content (AvgIpc) is 2.99. The molecule has 0 heterocycles. The van der Waals surface area contributed by atoms with E-state index in [-0.39, 0.29) is 4.92 Å². The van der Waals surface area contributed by atoms with Crippen LogP contribution in [0.25, 0.3) is 0 Å². The van der Waals surface area contributed by atoms with Crippen LogP contribution in [0.15, 0.2) is 12.7 Å². The summed E-state index contributed by atoms with van der Waals surface area (Å²) in [5.41, 5.74) is -0.623. The molecule has 4 heteroatoms. The molecule has 0 radical (unpaired) electrons. The van der Waals surface area contributed by atoms with Crippen LogP contribution in [0.5, 0.6) is 0 Å². The number of nitro groups is 1. The summed E-state index contributed by atoms with van der Waals surface area (Å²) >= 11 is 0. The zero-order valence-corrected chi connectivity index (χ0v) is 9.56. The minimum absolute atomic E-state index is 0.313. The van der Waals surface area contributed by atoms with Gasteiger partial charge in [0.15, 0.2) is 0 Å². The Morgan fingerprint density at radius 2 is 2.06 bits per heavy atom. The van der Waals surface area contributed by atoms with Crippen molar-refractivity contribution in [2.75, 3.05) is 0 Å². The maximum absolute atomic E-state index is 10.9. The zero-order chi connectivity index (χ0) is 12.0. The van der Waals surface area contributed by atoms with Crippen molar-refractivity contribution in [3.05, 3.63) is 22.8 Å². The lowest BCUT2D eigenvalue weighted by Crippen LogP contribution is -2.15. The molecule has 16 heavy (non-hydrogen) atoms. The predicted molar refractivity (Wildman–Crippen MR) is 61.8 cm³/mol. The highest BCUT2D eigenvalue weighted by atomic mass is 16.6. The molecular weight excluding hydrogens is 206 g/mol. The topological polar surface area (TPSA) is 60.2 Å². The average molecular weight is 225 g/mol. The van der Waals surface area contributed by atoms with Crippen LogP contribution >= 0.6 is 0 Å². The number of carbonyl (C=O) groups is 1. The number of rotatable bonds is 9. The molecule has 0 aliphatic heterocycles. The highest BCUT2D eigenvalue weighted by molar-refractivity contribution is 5.65. The monoisotopic (exact) mass is 225 g/mol. The summed E-state index contributed by atoms with van der Waals surface area (Å²) in [5.74, 6) is 0. The normalized spacial score (nSPS) is 27.4. The highest BCUT2D eigenvalue weighted by Crippen LogP contribution is 2.50. The van der Waals surface area contributed by atoms with Crippen molar-refractivity contribution in [1.29, 1.82) is 0 Å². The van der Waals surface area contributed by atoms with Gasteiger partial charge in [0.05, 0.1) is 5.41 Å². The summed E-state index contributed by atoms with van der Waals surface area (Å²) in [6, 6.07) is -0.613. The third-order valence-corrected chi connectivity index (χ3v) is 3.37. The Labute approximate surface area is 95.9 Å². The maximum Gasteiger partial charge on any atom is 0.226 e. The Morgan fingerprint density at radius 1 is 1.38 bits per heavy atom. The van der Waals surface area contributed by atoms with Gasteiger partial charge >= 0.3 is 0 Å². The number of aldehydes is 1. The smallest absolute Gasteiger partial charge is 0.226 e. The molecule has 1 fully saturated rings. The number of unbranched alkanes of at least 4 members (excludes halogenated alkanes) is 4. The van der Waals surface area contributed by atoms with Gasteiger partial charge < -0.3 is 4.79 Å². The Kier molecular flexibility index (Phi) is 4.65. The van der Waals surface area contributed by atoms with E-state index in [2.05, 4.69) is 6.58 Å². The van der Waals surface area contributed by atoms with E-state index in [1.807, 2.05) is 6.08 Å². The first-order valence-electron chi connectivity index (χ1n) is 5.87. The van der Waals surface area contributed by atoms with Crippen LogP contribution in [0.2, 0.25) is 0 Å². The summed E-state index contributed by atoms with van der Waals surface area (Å²) < 4.78 is 0. The number of nitrogens with zero attached hydrogens (tertiary/aromatic N) is 1. The van der Waals surface area contributed by atoms with Crippen molar-refractivity contribution in [1.82, 2.24) is 0 Å². The first-order valence-corrected chi connectivity index (χ1v) is 5.87. The van der Waals surface area contributed by atoms with Gasteiger partial charge in [-0.15, -0.1) is 6.58 Å². The molecule has 0 N–H and O–H groups in total. The van der Waals surface area contributed by atoms with Gasteiger partial charge in [-0.2, -0.15) is 0 Å². The van der Waals surface area contributed by atoms with Gasteiger partial charge in [0, 0.05) is 11.3 Å². The lowest BCUT2D eigenvalue weighted by atomic mass is 9.98. The standard InChI is InChI=1S/C12H19NO3/c1-2-3-4-5-6-7-8-12(10-14)9-11(12)13(15)16/h2,10-11H,1,3-9H2/t11-,12-/m1/s1. The quantitative estimate of drug-likeness (QED) is 0.199. The van der Waals surface area contributed by atoms with Gasteiger partial charge in [-0.1, -0.05) is 25.3 Å². The molecule has 1 saturated carbocycles. The van der Waals surface area contributed by atoms with Crippen molar-refractivity contribution in [3.8, 4) is 0 Å². The van der Waals surface area contributed by atoms with Gasteiger partial charge in [-0.3, -0.25) is 10.1 Å². The number of hydrogen-bond donors (Lipinski definition) is 0. The summed E-state index contributed by atoms with van der Waals surface area (Å²) in [7, 11) is 0. The van der Waals surface area contributed by atoms with E-state index in [4.69, 9.17) is 0 Å². The molecule has 2 atom stereocenters. The third kappa shape index (κ3) is 3.15. The Bertz CT molecular complexity index is 277. The lowest BCUT2D eigenvalue weighted by Gasteiger charge is -2.05. The summed E-state index contributed by atoms with van der Waals surface area (Å²) in [5, 5.41) is 10.5. The molecule has 0 bridgehead atoms. The Morgan fingerprint density at radius 3 is 2.56 bits per heavy atom. The van der Waals surface area contributed by atoms with Gasteiger partial charge in [-0.05, 0) is 19.3 Å². The Balaban J connectivity index is 2.15. The molecule has 0 spiro atoms. The third-order valence-electron chi connectivity index (χ3n) is 3.37. The maximum atomic E-state index is 10.9. The summed E-state index contributed by atoms with van der Waals surface area (Å²) in [4.78, 5) is 21.1. The fourth-order valence-corrected chi connectivity index (χ4v) is 2.14. The van der Waals surface area contributed by atoms with Gasteiger partial charge in [0.2, 0.25) is 6.04 Å². The minimum Gasteiger partial charge on any atom is -0.302 e. The van der Waals surface area contributed by atoms with Gasteiger partial charge in [0.1, 0.15) is 6.29 Å². The van der Waals surface area contributed by atoms with Crippen LogP contribution in [0.4, 0.5) is 0 Å². The van der Waals surface area contributed by atoms with E-state index in [1.54, 1.807) is 0 Å². The first-order chi connectivity index (χ1) is 7.66. The van der Waals surface area contributed by atoms with Gasteiger partial charge in [-0.25, -0.2) is 0 Å². The van der Waals surface area contributed by atoms with Crippen LogP contribution in [0, 0.1) is 15.5 Å². The van der Waals surface area contributed by atoms with Crippen molar-refractivity contribution < 1.29 is 9.72 Å². The second kappa shape index (κ2) is 5.77. The van der Waals surface area contributed by atoms with E-state index in [0.717, 1.165) is 38.4 Å².